The molecule has 0 aliphatic rings. The molecule has 4 rings (SSSR count). The maximum atomic E-state index is 12.6. The van der Waals surface area contributed by atoms with Gasteiger partial charge in [0.2, 0.25) is 0 Å². The molecule has 1 N–H and O–H groups in total. The highest BCUT2D eigenvalue weighted by molar-refractivity contribution is 9.10. The predicted molar refractivity (Wildman–Crippen MR) is 104 cm³/mol. The molecule has 27 heavy (non-hydrogen) atoms. The van der Waals surface area contributed by atoms with Crippen LogP contribution in [0.1, 0.15) is 21.9 Å². The molecule has 0 bridgehead atoms. The topological polar surface area (TPSA) is 98.7 Å². The highest BCUT2D eigenvalue weighted by Crippen LogP contribution is 2.30. The van der Waals surface area contributed by atoms with Crippen LogP contribution in [0.3, 0.4) is 0 Å². The molecule has 0 aliphatic heterocycles. The minimum atomic E-state index is -0.264. The summed E-state index contributed by atoms with van der Waals surface area (Å²) in [6.07, 6.45) is 1.53. The predicted octanol–water partition coefficient (Wildman–Crippen LogP) is 4.01. The van der Waals surface area contributed by atoms with Crippen LogP contribution in [0.2, 0.25) is 0 Å². The number of hydrogen-bond acceptors (Lipinski definition) is 7. The fraction of sp³-hybridized carbons (Fsp3) is 0.118. The van der Waals surface area contributed by atoms with Gasteiger partial charge in [-0.2, -0.15) is 0 Å². The van der Waals surface area contributed by atoms with Crippen molar-refractivity contribution in [2.75, 3.05) is 5.32 Å². The number of nitrogens with one attached hydrogen (secondary N) is 1. The van der Waals surface area contributed by atoms with Crippen molar-refractivity contribution in [3.05, 3.63) is 57.5 Å². The Morgan fingerprint density at radius 2 is 2.15 bits per heavy atom. The van der Waals surface area contributed by atoms with E-state index < -0.39 is 0 Å². The van der Waals surface area contributed by atoms with Crippen LogP contribution in [0.5, 0.6) is 0 Å². The molecule has 3 heterocycles. The molecule has 4 aromatic rings. The molecule has 8 nitrogen and oxygen atoms in total. The molecular weight excluding hydrogens is 432 g/mol. The summed E-state index contributed by atoms with van der Waals surface area (Å²) in [6.45, 7) is 3.55. The van der Waals surface area contributed by atoms with E-state index in [1.807, 2.05) is 29.6 Å². The second-order valence-electron chi connectivity index (χ2n) is 5.70. The first kappa shape index (κ1) is 17.6. The number of carbonyl (C=O) groups excluding carboxylic acids is 1. The molecule has 0 atom stereocenters. The molecule has 0 radical (unpaired) electrons. The number of aryl methyl sites for hydroxylation is 2. The Kier molecular flexibility index (Phi) is 4.58. The van der Waals surface area contributed by atoms with Crippen molar-refractivity contribution in [3.8, 4) is 16.9 Å². The summed E-state index contributed by atoms with van der Waals surface area (Å²) in [5.74, 6) is 0.958. The van der Waals surface area contributed by atoms with Gasteiger partial charge in [-0.25, -0.2) is 9.67 Å². The first-order valence-corrected chi connectivity index (χ1v) is 9.56. The van der Waals surface area contributed by atoms with Crippen molar-refractivity contribution >= 4 is 38.3 Å². The lowest BCUT2D eigenvalue weighted by Crippen LogP contribution is -2.12. The molecule has 1 amide bonds. The van der Waals surface area contributed by atoms with E-state index in [2.05, 4.69) is 41.8 Å². The number of carbonyl (C=O) groups is 1. The molecular formula is C17H13BrN6O2S. The molecule has 0 unspecified atom stereocenters. The molecule has 0 saturated carbocycles. The Hall–Kier alpha value is -2.85. The summed E-state index contributed by atoms with van der Waals surface area (Å²) < 4.78 is 7.71. The highest BCUT2D eigenvalue weighted by Gasteiger charge is 2.21. The number of amides is 1. The van der Waals surface area contributed by atoms with E-state index in [0.717, 1.165) is 16.9 Å². The smallest absolute Gasteiger partial charge is 0.262 e. The van der Waals surface area contributed by atoms with Crippen molar-refractivity contribution in [3.63, 3.8) is 0 Å². The molecule has 1 aromatic carbocycles. The average Bonchev–Trinajstić information content (AvgIpc) is 3.37. The Labute approximate surface area is 166 Å². The summed E-state index contributed by atoms with van der Waals surface area (Å²) in [6, 6.07) is 7.67. The summed E-state index contributed by atoms with van der Waals surface area (Å²) >= 11 is 4.75. The number of rotatable bonds is 4. The van der Waals surface area contributed by atoms with Gasteiger partial charge in [-0.15, -0.1) is 16.4 Å². The highest BCUT2D eigenvalue weighted by atomic mass is 79.9. The number of anilines is 1. The molecule has 0 spiro atoms. The van der Waals surface area contributed by atoms with Crippen LogP contribution >= 0.6 is 27.3 Å². The Bertz CT molecular complexity index is 1120. The van der Waals surface area contributed by atoms with Gasteiger partial charge in [0.15, 0.2) is 5.13 Å². The zero-order valence-electron chi connectivity index (χ0n) is 14.3. The van der Waals surface area contributed by atoms with E-state index in [-0.39, 0.29) is 5.91 Å². The van der Waals surface area contributed by atoms with Gasteiger partial charge in [0.25, 0.3) is 5.91 Å². The van der Waals surface area contributed by atoms with Gasteiger partial charge < -0.3 is 4.42 Å². The Balaban J connectivity index is 1.57. The van der Waals surface area contributed by atoms with E-state index in [9.17, 15) is 4.79 Å². The maximum absolute atomic E-state index is 12.6. The first-order chi connectivity index (χ1) is 13.0. The van der Waals surface area contributed by atoms with Gasteiger partial charge in [0.1, 0.15) is 17.8 Å². The van der Waals surface area contributed by atoms with Crippen LogP contribution in [0, 0.1) is 13.8 Å². The number of benzene rings is 1. The zero-order chi connectivity index (χ0) is 19.0. The number of furan rings is 1. The summed E-state index contributed by atoms with van der Waals surface area (Å²) in [4.78, 5) is 17.1. The van der Waals surface area contributed by atoms with Crippen LogP contribution < -0.4 is 5.32 Å². The molecule has 10 heteroatoms. The third-order valence-corrected chi connectivity index (χ3v) is 5.61. The van der Waals surface area contributed by atoms with Gasteiger partial charge in [-0.05, 0) is 52.3 Å². The van der Waals surface area contributed by atoms with Crippen molar-refractivity contribution in [2.45, 2.75) is 13.8 Å². The average molecular weight is 445 g/mol. The standard InChI is InChI=1S/C17H13BrN6O2S/c1-9-14(15(18)10(2)26-9)16(25)21-17-20-13(7-27-17)11-4-3-5-12(6-11)24-8-19-22-23-24/h3-8H,1-2H3,(H,20,21,25). The fourth-order valence-electron chi connectivity index (χ4n) is 2.63. The van der Waals surface area contributed by atoms with E-state index in [1.54, 1.807) is 18.5 Å². The quantitative estimate of drug-likeness (QED) is 0.510. The number of tetrazole rings is 1. The minimum Gasteiger partial charge on any atom is -0.465 e. The van der Waals surface area contributed by atoms with Crippen LogP contribution in [-0.4, -0.2) is 31.1 Å². The Morgan fingerprint density at radius 1 is 1.30 bits per heavy atom. The van der Waals surface area contributed by atoms with Crippen LogP contribution in [-0.2, 0) is 0 Å². The minimum absolute atomic E-state index is 0.264. The van der Waals surface area contributed by atoms with Gasteiger partial charge in [0, 0.05) is 10.9 Å². The van der Waals surface area contributed by atoms with Gasteiger partial charge in [-0.3, -0.25) is 10.1 Å². The van der Waals surface area contributed by atoms with E-state index in [0.29, 0.717) is 26.7 Å². The monoisotopic (exact) mass is 444 g/mol. The number of thiazole rings is 1. The van der Waals surface area contributed by atoms with E-state index >= 15 is 0 Å². The van der Waals surface area contributed by atoms with Crippen LogP contribution in [0.25, 0.3) is 16.9 Å². The molecule has 0 aliphatic carbocycles. The number of halogens is 1. The summed E-state index contributed by atoms with van der Waals surface area (Å²) in [5, 5.41) is 16.4. The van der Waals surface area contributed by atoms with Crippen LogP contribution in [0.15, 0.2) is 44.9 Å². The van der Waals surface area contributed by atoms with Crippen LogP contribution in [0.4, 0.5) is 5.13 Å². The molecule has 0 fully saturated rings. The molecule has 0 saturated heterocycles. The lowest BCUT2D eigenvalue weighted by atomic mass is 10.1. The maximum Gasteiger partial charge on any atom is 0.262 e. The summed E-state index contributed by atoms with van der Waals surface area (Å²) in [7, 11) is 0. The number of hydrogen-bond donors (Lipinski definition) is 1. The second-order valence-corrected chi connectivity index (χ2v) is 7.35. The summed E-state index contributed by atoms with van der Waals surface area (Å²) in [5.41, 5.74) is 2.95. The SMILES string of the molecule is Cc1oc(C)c(C(=O)Nc2nc(-c3cccc(-n4cnnn4)c3)cs2)c1Br. The fourth-order valence-corrected chi connectivity index (χ4v) is 3.88. The van der Waals surface area contributed by atoms with Crippen molar-refractivity contribution < 1.29 is 9.21 Å². The van der Waals surface area contributed by atoms with E-state index in [4.69, 9.17) is 4.42 Å². The molecule has 136 valence electrons. The first-order valence-electron chi connectivity index (χ1n) is 7.89. The lowest BCUT2D eigenvalue weighted by molar-refractivity contribution is 0.102. The largest absolute Gasteiger partial charge is 0.465 e. The van der Waals surface area contributed by atoms with E-state index in [1.165, 1.54) is 17.7 Å². The third-order valence-electron chi connectivity index (χ3n) is 3.89. The van der Waals surface area contributed by atoms with Crippen molar-refractivity contribution in [1.29, 1.82) is 0 Å². The van der Waals surface area contributed by atoms with Gasteiger partial charge >= 0.3 is 0 Å². The van der Waals surface area contributed by atoms with Crippen molar-refractivity contribution in [2.24, 2.45) is 0 Å². The Morgan fingerprint density at radius 3 is 2.85 bits per heavy atom. The second kappa shape index (κ2) is 7.05. The van der Waals surface area contributed by atoms with Gasteiger partial charge in [0.05, 0.1) is 21.4 Å². The molecule has 3 aromatic heterocycles. The number of aromatic nitrogens is 5. The van der Waals surface area contributed by atoms with Crippen molar-refractivity contribution in [1.82, 2.24) is 25.2 Å². The lowest BCUT2D eigenvalue weighted by Gasteiger charge is -2.02. The number of nitrogens with zero attached hydrogens (tertiary/aromatic N) is 5. The zero-order valence-corrected chi connectivity index (χ0v) is 16.7. The van der Waals surface area contributed by atoms with Gasteiger partial charge in [-0.1, -0.05) is 12.1 Å². The third kappa shape index (κ3) is 3.40. The normalized spacial score (nSPS) is 10.9.